The second-order valence-electron chi connectivity index (χ2n) is 4.38. The number of nitro benzene ring substituents is 1. The second kappa shape index (κ2) is 6.26. The summed E-state index contributed by atoms with van der Waals surface area (Å²) in [6.07, 6.45) is 4.98. The van der Waals surface area contributed by atoms with Crippen LogP contribution in [0.3, 0.4) is 0 Å². The van der Waals surface area contributed by atoms with Crippen molar-refractivity contribution in [2.75, 3.05) is 0 Å². The van der Waals surface area contributed by atoms with Gasteiger partial charge in [-0.1, -0.05) is 28.8 Å². The third kappa shape index (κ3) is 3.51. The summed E-state index contributed by atoms with van der Waals surface area (Å²) in [4.78, 5) is 15.7. The van der Waals surface area contributed by atoms with E-state index in [0.717, 1.165) is 22.9 Å². The SMILES string of the molecule is O=[N+]([O-])c1ccc(CNOC2CCCC2)c(Br)c1. The summed E-state index contributed by atoms with van der Waals surface area (Å²) in [6.45, 7) is 0.537. The first-order valence-corrected chi connectivity index (χ1v) is 6.77. The van der Waals surface area contributed by atoms with E-state index in [1.807, 2.05) is 0 Å². The average Bonchev–Trinajstić information content (AvgIpc) is 2.84. The first kappa shape index (κ1) is 13.5. The van der Waals surface area contributed by atoms with Crippen LogP contribution in [-0.4, -0.2) is 11.0 Å². The Balaban J connectivity index is 1.87. The number of rotatable bonds is 5. The molecule has 5 nitrogen and oxygen atoms in total. The van der Waals surface area contributed by atoms with Crippen LogP contribution in [-0.2, 0) is 11.4 Å². The fourth-order valence-corrected chi connectivity index (χ4v) is 2.54. The molecule has 0 aliphatic heterocycles. The summed E-state index contributed by atoms with van der Waals surface area (Å²) in [5.41, 5.74) is 3.96. The molecule has 18 heavy (non-hydrogen) atoms. The van der Waals surface area contributed by atoms with Crippen molar-refractivity contribution in [1.29, 1.82) is 0 Å². The zero-order valence-corrected chi connectivity index (χ0v) is 11.5. The first-order chi connectivity index (χ1) is 8.66. The van der Waals surface area contributed by atoms with Gasteiger partial charge in [-0.15, -0.1) is 0 Å². The zero-order valence-electron chi connectivity index (χ0n) is 9.89. The van der Waals surface area contributed by atoms with Gasteiger partial charge < -0.3 is 0 Å². The van der Waals surface area contributed by atoms with Crippen LogP contribution in [0.15, 0.2) is 22.7 Å². The Hall–Kier alpha value is -0.980. The van der Waals surface area contributed by atoms with Gasteiger partial charge in [0.1, 0.15) is 0 Å². The minimum atomic E-state index is -0.406. The van der Waals surface area contributed by atoms with Crippen LogP contribution in [0.4, 0.5) is 5.69 Å². The highest BCUT2D eigenvalue weighted by Crippen LogP contribution is 2.23. The molecule has 1 aliphatic carbocycles. The standard InChI is InChI=1S/C12H15BrN2O3/c13-12-7-10(15(16)17)6-5-9(12)8-14-18-11-3-1-2-4-11/h5-7,11,14H,1-4,8H2. The van der Waals surface area contributed by atoms with Crippen molar-refractivity contribution in [3.63, 3.8) is 0 Å². The molecule has 0 bridgehead atoms. The van der Waals surface area contributed by atoms with Crippen LogP contribution in [0, 0.1) is 10.1 Å². The third-order valence-electron chi connectivity index (χ3n) is 3.06. The lowest BCUT2D eigenvalue weighted by Gasteiger charge is -2.12. The van der Waals surface area contributed by atoms with Crippen molar-refractivity contribution in [3.05, 3.63) is 38.3 Å². The van der Waals surface area contributed by atoms with Gasteiger partial charge in [-0.25, -0.2) is 0 Å². The number of nitro groups is 1. The molecule has 0 heterocycles. The number of halogens is 1. The number of non-ortho nitro benzene ring substituents is 1. The van der Waals surface area contributed by atoms with Crippen LogP contribution >= 0.6 is 15.9 Å². The highest BCUT2D eigenvalue weighted by Gasteiger charge is 2.15. The van der Waals surface area contributed by atoms with E-state index in [4.69, 9.17) is 4.84 Å². The van der Waals surface area contributed by atoms with Crippen molar-refractivity contribution in [2.45, 2.75) is 38.3 Å². The molecular formula is C12H15BrN2O3. The summed E-state index contributed by atoms with van der Waals surface area (Å²) >= 11 is 3.33. The van der Waals surface area contributed by atoms with Gasteiger partial charge in [0.15, 0.2) is 0 Å². The highest BCUT2D eigenvalue weighted by molar-refractivity contribution is 9.10. The molecule has 1 aromatic carbocycles. The molecule has 0 amide bonds. The Bertz CT molecular complexity index is 433. The third-order valence-corrected chi connectivity index (χ3v) is 3.80. The normalized spacial score (nSPS) is 16.1. The summed E-state index contributed by atoms with van der Waals surface area (Å²) in [5.74, 6) is 0. The fraction of sp³-hybridized carbons (Fsp3) is 0.500. The molecule has 0 unspecified atom stereocenters. The second-order valence-corrected chi connectivity index (χ2v) is 5.23. The predicted molar refractivity (Wildman–Crippen MR) is 71.0 cm³/mol. The molecule has 0 atom stereocenters. The molecule has 0 radical (unpaired) electrons. The van der Waals surface area contributed by atoms with Gasteiger partial charge >= 0.3 is 0 Å². The molecule has 2 rings (SSSR count). The summed E-state index contributed by atoms with van der Waals surface area (Å²) in [6, 6.07) is 4.73. The topological polar surface area (TPSA) is 64.4 Å². The number of hydrogen-bond donors (Lipinski definition) is 1. The van der Waals surface area contributed by atoms with E-state index in [0.29, 0.717) is 12.6 Å². The smallest absolute Gasteiger partial charge is 0.270 e. The lowest BCUT2D eigenvalue weighted by molar-refractivity contribution is -0.384. The van der Waals surface area contributed by atoms with Crippen molar-refractivity contribution in [3.8, 4) is 0 Å². The van der Waals surface area contributed by atoms with Crippen molar-refractivity contribution < 1.29 is 9.76 Å². The maximum Gasteiger partial charge on any atom is 0.270 e. The molecule has 0 aromatic heterocycles. The lowest BCUT2D eigenvalue weighted by atomic mass is 10.2. The molecule has 0 saturated heterocycles. The van der Waals surface area contributed by atoms with Crippen molar-refractivity contribution in [1.82, 2.24) is 5.48 Å². The van der Waals surface area contributed by atoms with Gasteiger partial charge in [0.25, 0.3) is 5.69 Å². The molecule has 1 saturated carbocycles. The Morgan fingerprint density at radius 3 is 2.78 bits per heavy atom. The maximum atomic E-state index is 10.6. The van der Waals surface area contributed by atoms with Crippen LogP contribution < -0.4 is 5.48 Å². The van der Waals surface area contributed by atoms with Gasteiger partial charge in [-0.3, -0.25) is 15.0 Å². The molecule has 1 aromatic rings. The Labute approximate surface area is 114 Å². The number of hydrogen-bond acceptors (Lipinski definition) is 4. The van der Waals surface area contributed by atoms with E-state index in [-0.39, 0.29) is 5.69 Å². The number of nitrogens with zero attached hydrogens (tertiary/aromatic N) is 1. The number of nitrogens with one attached hydrogen (secondary N) is 1. The summed E-state index contributed by atoms with van der Waals surface area (Å²) in [5, 5.41) is 10.6. The molecule has 1 aliphatic rings. The fourth-order valence-electron chi connectivity index (χ4n) is 2.04. The predicted octanol–water partition coefficient (Wildman–Crippen LogP) is 3.32. The molecule has 1 N–H and O–H groups in total. The van der Waals surface area contributed by atoms with Gasteiger partial charge in [-0.05, 0) is 24.5 Å². The van der Waals surface area contributed by atoms with Crippen LogP contribution in [0.5, 0.6) is 0 Å². The summed E-state index contributed by atoms with van der Waals surface area (Å²) < 4.78 is 0.722. The van der Waals surface area contributed by atoms with Crippen LogP contribution in [0.25, 0.3) is 0 Å². The molecule has 6 heteroatoms. The van der Waals surface area contributed by atoms with E-state index in [1.54, 1.807) is 6.07 Å². The van der Waals surface area contributed by atoms with Crippen LogP contribution in [0.2, 0.25) is 0 Å². The lowest BCUT2D eigenvalue weighted by Crippen LogP contribution is -2.21. The van der Waals surface area contributed by atoms with Gasteiger partial charge in [0, 0.05) is 23.2 Å². The number of benzene rings is 1. The zero-order chi connectivity index (χ0) is 13.0. The van der Waals surface area contributed by atoms with E-state index in [9.17, 15) is 10.1 Å². The Morgan fingerprint density at radius 2 is 2.17 bits per heavy atom. The van der Waals surface area contributed by atoms with E-state index >= 15 is 0 Å². The van der Waals surface area contributed by atoms with Gasteiger partial charge in [0.05, 0.1) is 11.0 Å². The van der Waals surface area contributed by atoms with Crippen molar-refractivity contribution in [2.24, 2.45) is 0 Å². The highest BCUT2D eigenvalue weighted by atomic mass is 79.9. The van der Waals surface area contributed by atoms with E-state index in [1.165, 1.54) is 25.0 Å². The first-order valence-electron chi connectivity index (χ1n) is 5.98. The van der Waals surface area contributed by atoms with Crippen molar-refractivity contribution >= 4 is 21.6 Å². The number of hydroxylamine groups is 1. The monoisotopic (exact) mass is 314 g/mol. The van der Waals surface area contributed by atoms with Gasteiger partial charge in [0.2, 0.25) is 0 Å². The van der Waals surface area contributed by atoms with Crippen LogP contribution in [0.1, 0.15) is 31.2 Å². The molecule has 98 valence electrons. The Morgan fingerprint density at radius 1 is 1.44 bits per heavy atom. The Kier molecular flexibility index (Phi) is 4.68. The summed E-state index contributed by atoms with van der Waals surface area (Å²) in [7, 11) is 0. The van der Waals surface area contributed by atoms with E-state index < -0.39 is 4.92 Å². The van der Waals surface area contributed by atoms with E-state index in [2.05, 4.69) is 21.4 Å². The average molecular weight is 315 g/mol. The quantitative estimate of drug-likeness (QED) is 0.669. The molecule has 1 fully saturated rings. The maximum absolute atomic E-state index is 10.6. The molecule has 0 spiro atoms. The minimum absolute atomic E-state index is 0.0855. The minimum Gasteiger partial charge on any atom is -0.298 e. The molecular weight excluding hydrogens is 300 g/mol. The van der Waals surface area contributed by atoms with Gasteiger partial charge in [-0.2, -0.15) is 5.48 Å². The largest absolute Gasteiger partial charge is 0.298 e.